The summed E-state index contributed by atoms with van der Waals surface area (Å²) in [4.78, 5) is 27.5. The number of allylic oxidation sites excluding steroid dienone is 1. The van der Waals surface area contributed by atoms with E-state index in [9.17, 15) is 18.0 Å². The monoisotopic (exact) mass is 446 g/mol. The maximum absolute atomic E-state index is 13.3. The summed E-state index contributed by atoms with van der Waals surface area (Å²) in [5.74, 6) is -0.996. The molecule has 0 aliphatic heterocycles. The minimum Gasteiger partial charge on any atom is -0.326 e. The van der Waals surface area contributed by atoms with Crippen LogP contribution >= 0.6 is 22.9 Å². The topological polar surface area (TPSA) is 93.2 Å². The van der Waals surface area contributed by atoms with Crippen LogP contribution in [0.4, 0.5) is 5.69 Å². The molecule has 1 amide bonds. The summed E-state index contributed by atoms with van der Waals surface area (Å²) in [5.41, 5.74) is 0.840. The van der Waals surface area contributed by atoms with Gasteiger partial charge in [0.05, 0.1) is 4.90 Å². The molecular weight excluding hydrogens is 432 g/mol. The number of nitrogens with one attached hydrogen (secondary N) is 1. The second-order valence-corrected chi connectivity index (χ2v) is 9.13. The van der Waals surface area contributed by atoms with Gasteiger partial charge in [-0.25, -0.2) is 13.4 Å². The van der Waals surface area contributed by atoms with E-state index in [0.29, 0.717) is 16.3 Å². The molecule has 2 aromatic carbocycles. The van der Waals surface area contributed by atoms with E-state index >= 15 is 0 Å². The summed E-state index contributed by atoms with van der Waals surface area (Å²) >= 11 is 7.21. The predicted octanol–water partition coefficient (Wildman–Crippen LogP) is 4.45. The quantitative estimate of drug-likeness (QED) is 0.446. The van der Waals surface area contributed by atoms with Gasteiger partial charge in [-0.2, -0.15) is 0 Å². The van der Waals surface area contributed by atoms with Crippen LogP contribution in [0.5, 0.6) is 0 Å². The van der Waals surface area contributed by atoms with Gasteiger partial charge >= 0.3 is 0 Å². The molecular formula is C20H15ClN2O4S2. The number of carbonyl (C=O) groups is 2. The summed E-state index contributed by atoms with van der Waals surface area (Å²) in [6.07, 6.45) is 2.68. The Morgan fingerprint density at radius 2 is 1.79 bits per heavy atom. The molecule has 0 unspecified atom stereocenters. The summed E-state index contributed by atoms with van der Waals surface area (Å²) in [5, 5.41) is 4.53. The lowest BCUT2D eigenvalue weighted by Gasteiger charge is -2.09. The second-order valence-electron chi connectivity index (χ2n) is 5.91. The molecule has 0 atom stereocenters. The van der Waals surface area contributed by atoms with Crippen LogP contribution in [-0.2, 0) is 14.6 Å². The van der Waals surface area contributed by atoms with Gasteiger partial charge in [0.15, 0.2) is 5.01 Å². The molecule has 9 heteroatoms. The zero-order valence-electron chi connectivity index (χ0n) is 15.1. The van der Waals surface area contributed by atoms with E-state index in [4.69, 9.17) is 11.6 Å². The third kappa shape index (κ3) is 4.79. The highest BCUT2D eigenvalue weighted by atomic mass is 35.5. The molecule has 6 nitrogen and oxygen atoms in total. The molecule has 0 aliphatic rings. The van der Waals surface area contributed by atoms with Gasteiger partial charge in [0.1, 0.15) is 4.91 Å². The normalized spacial score (nSPS) is 11.9. The Kier molecular flexibility index (Phi) is 6.26. The molecule has 3 aromatic rings. The molecule has 0 saturated heterocycles. The van der Waals surface area contributed by atoms with Crippen molar-refractivity contribution in [2.45, 2.75) is 11.8 Å². The molecule has 0 radical (unpaired) electrons. The summed E-state index contributed by atoms with van der Waals surface area (Å²) in [7, 11) is -4.18. The van der Waals surface area contributed by atoms with Crippen molar-refractivity contribution >= 4 is 56.2 Å². The highest BCUT2D eigenvalue weighted by Crippen LogP contribution is 2.28. The zero-order valence-corrected chi connectivity index (χ0v) is 17.5. The Labute approximate surface area is 176 Å². The fraction of sp³-hybridized carbons (Fsp3) is 0.0500. The SMILES string of the molecule is CC(=O)Nc1ccc(S(=O)(=O)/C(=C\c2ccccc2Cl)C(=O)c2nccs2)cc1. The van der Waals surface area contributed by atoms with Gasteiger partial charge in [-0.3, -0.25) is 9.59 Å². The lowest BCUT2D eigenvalue weighted by atomic mass is 10.2. The van der Waals surface area contributed by atoms with E-state index in [1.807, 2.05) is 0 Å². The number of anilines is 1. The van der Waals surface area contributed by atoms with Crippen LogP contribution in [0.3, 0.4) is 0 Å². The fourth-order valence-corrected chi connectivity index (χ4v) is 4.70. The summed E-state index contributed by atoms with van der Waals surface area (Å²) < 4.78 is 26.6. The number of amides is 1. The van der Waals surface area contributed by atoms with E-state index < -0.39 is 20.5 Å². The number of aromatic nitrogens is 1. The first-order valence-electron chi connectivity index (χ1n) is 8.32. The highest BCUT2D eigenvalue weighted by Gasteiger charge is 2.29. The number of sulfone groups is 1. The van der Waals surface area contributed by atoms with Crippen LogP contribution in [0.1, 0.15) is 22.3 Å². The van der Waals surface area contributed by atoms with Crippen molar-refractivity contribution in [3.05, 3.63) is 80.6 Å². The molecule has 0 saturated carbocycles. The van der Waals surface area contributed by atoms with E-state index in [1.165, 1.54) is 43.5 Å². The van der Waals surface area contributed by atoms with E-state index in [1.54, 1.807) is 29.6 Å². The van der Waals surface area contributed by atoms with Gasteiger partial charge in [-0.1, -0.05) is 29.8 Å². The number of halogens is 1. The first-order chi connectivity index (χ1) is 13.8. The molecule has 1 N–H and O–H groups in total. The van der Waals surface area contributed by atoms with Gasteiger partial charge in [0.25, 0.3) is 0 Å². The molecule has 3 rings (SSSR count). The van der Waals surface area contributed by atoms with E-state index in [2.05, 4.69) is 10.3 Å². The van der Waals surface area contributed by atoms with Crippen LogP contribution in [0.25, 0.3) is 6.08 Å². The Hall–Kier alpha value is -2.81. The average Bonchev–Trinajstić information content (AvgIpc) is 3.21. The van der Waals surface area contributed by atoms with Crippen molar-refractivity contribution in [3.8, 4) is 0 Å². The van der Waals surface area contributed by atoms with Crippen molar-refractivity contribution in [1.82, 2.24) is 4.98 Å². The number of thiazole rings is 1. The second kappa shape index (κ2) is 8.69. The van der Waals surface area contributed by atoms with Crippen LogP contribution in [0.2, 0.25) is 5.02 Å². The largest absolute Gasteiger partial charge is 0.326 e. The van der Waals surface area contributed by atoms with Gasteiger partial charge in [-0.05, 0) is 42.0 Å². The van der Waals surface area contributed by atoms with Crippen molar-refractivity contribution in [1.29, 1.82) is 0 Å². The predicted molar refractivity (Wildman–Crippen MR) is 114 cm³/mol. The smallest absolute Gasteiger partial charge is 0.233 e. The number of hydrogen-bond acceptors (Lipinski definition) is 6. The number of ketones is 1. The maximum Gasteiger partial charge on any atom is 0.233 e. The number of benzene rings is 2. The van der Waals surface area contributed by atoms with E-state index in [-0.39, 0.29) is 15.8 Å². The zero-order chi connectivity index (χ0) is 21.0. The lowest BCUT2D eigenvalue weighted by Crippen LogP contribution is -2.14. The summed E-state index contributed by atoms with van der Waals surface area (Å²) in [6.45, 7) is 1.35. The van der Waals surface area contributed by atoms with Crippen molar-refractivity contribution in [3.63, 3.8) is 0 Å². The van der Waals surface area contributed by atoms with Crippen LogP contribution in [-0.4, -0.2) is 25.1 Å². The Bertz CT molecular complexity index is 1190. The van der Waals surface area contributed by atoms with Gasteiger partial charge < -0.3 is 5.32 Å². The third-order valence-electron chi connectivity index (χ3n) is 3.82. The first kappa shape index (κ1) is 20.9. The number of nitrogens with zero attached hydrogens (tertiary/aromatic N) is 1. The standard InChI is InChI=1S/C20H15ClN2O4S2/c1-13(24)23-15-6-8-16(9-7-15)29(26,27)18(19(25)20-22-10-11-28-20)12-14-4-2-3-5-17(14)21/h2-12H,1H3,(H,23,24)/b18-12-. The minimum absolute atomic E-state index is 0.0572. The lowest BCUT2D eigenvalue weighted by molar-refractivity contribution is -0.114. The molecule has 0 bridgehead atoms. The number of carbonyl (C=O) groups excluding carboxylic acids is 2. The van der Waals surface area contributed by atoms with Gasteiger partial charge in [-0.15, -0.1) is 11.3 Å². The van der Waals surface area contributed by atoms with Crippen molar-refractivity contribution in [2.24, 2.45) is 0 Å². The molecule has 148 valence electrons. The third-order valence-corrected chi connectivity index (χ3v) is 6.71. The number of rotatable bonds is 6. The Morgan fingerprint density at radius 3 is 2.38 bits per heavy atom. The van der Waals surface area contributed by atoms with Crippen LogP contribution < -0.4 is 5.32 Å². The highest BCUT2D eigenvalue weighted by molar-refractivity contribution is 7.96. The van der Waals surface area contributed by atoms with Crippen molar-refractivity contribution in [2.75, 3.05) is 5.32 Å². The van der Waals surface area contributed by atoms with Crippen LogP contribution in [0.15, 0.2) is 69.9 Å². The molecule has 0 fully saturated rings. The molecule has 1 aromatic heterocycles. The molecule has 0 aliphatic carbocycles. The Morgan fingerprint density at radius 1 is 1.10 bits per heavy atom. The molecule has 29 heavy (non-hydrogen) atoms. The number of hydrogen-bond donors (Lipinski definition) is 1. The van der Waals surface area contributed by atoms with Gasteiger partial charge in [0, 0.05) is 29.2 Å². The van der Waals surface area contributed by atoms with Crippen LogP contribution in [0, 0.1) is 0 Å². The summed E-state index contributed by atoms with van der Waals surface area (Å²) in [6, 6.07) is 12.2. The molecule has 0 spiro atoms. The number of Topliss-reactive ketones (excluding diaryl/α,β-unsaturated/α-hetero) is 1. The average molecular weight is 447 g/mol. The van der Waals surface area contributed by atoms with E-state index in [0.717, 1.165) is 11.3 Å². The molecule has 1 heterocycles. The van der Waals surface area contributed by atoms with Gasteiger partial charge in [0.2, 0.25) is 21.5 Å². The first-order valence-corrected chi connectivity index (χ1v) is 11.1. The minimum atomic E-state index is -4.18. The van der Waals surface area contributed by atoms with Crippen molar-refractivity contribution < 1.29 is 18.0 Å². The Balaban J connectivity index is 2.11. The maximum atomic E-state index is 13.3. The fourth-order valence-electron chi connectivity index (χ4n) is 2.49.